The summed E-state index contributed by atoms with van der Waals surface area (Å²) in [5, 5.41) is 5.88. The molecular formula is C19H27N5S. The number of anilines is 1. The van der Waals surface area contributed by atoms with Crippen molar-refractivity contribution in [1.82, 2.24) is 19.6 Å². The second-order valence-electron chi connectivity index (χ2n) is 6.84. The number of aromatic nitrogens is 4. The molecule has 0 radical (unpaired) electrons. The van der Waals surface area contributed by atoms with E-state index in [1.54, 1.807) is 11.3 Å². The lowest BCUT2D eigenvalue weighted by atomic mass is 9.98. The molecule has 0 aromatic carbocycles. The summed E-state index contributed by atoms with van der Waals surface area (Å²) in [5.41, 5.74) is 6.44. The fraction of sp³-hybridized carbons (Fsp3) is 0.526. The third-order valence-corrected chi connectivity index (χ3v) is 6.06. The van der Waals surface area contributed by atoms with E-state index in [4.69, 9.17) is 15.1 Å². The number of hydrogen-bond acceptors (Lipinski definition) is 5. The minimum Gasteiger partial charge on any atom is -0.354 e. The predicted molar refractivity (Wildman–Crippen MR) is 106 cm³/mol. The fourth-order valence-electron chi connectivity index (χ4n) is 3.34. The van der Waals surface area contributed by atoms with Gasteiger partial charge in [0, 0.05) is 31.4 Å². The molecule has 6 heteroatoms. The van der Waals surface area contributed by atoms with Gasteiger partial charge in [-0.1, -0.05) is 25.2 Å². The van der Waals surface area contributed by atoms with Crippen LogP contribution < -0.4 is 4.90 Å². The first-order valence-electron chi connectivity index (χ1n) is 8.89. The molecule has 0 aliphatic rings. The molecule has 5 nitrogen and oxygen atoms in total. The smallest absolute Gasteiger partial charge is 0.185 e. The largest absolute Gasteiger partial charge is 0.354 e. The summed E-state index contributed by atoms with van der Waals surface area (Å²) in [6.45, 7) is 10.7. The summed E-state index contributed by atoms with van der Waals surface area (Å²) in [5.74, 6) is 0.497. The first-order valence-corrected chi connectivity index (χ1v) is 9.70. The minimum absolute atomic E-state index is 0.497. The number of aryl methyl sites for hydroxylation is 3. The van der Waals surface area contributed by atoms with E-state index in [0.717, 1.165) is 46.3 Å². The van der Waals surface area contributed by atoms with E-state index in [1.165, 1.54) is 10.6 Å². The molecule has 0 atom stereocenters. The maximum Gasteiger partial charge on any atom is 0.185 e. The van der Waals surface area contributed by atoms with Crippen LogP contribution in [0.25, 0.3) is 16.1 Å². The highest BCUT2D eigenvalue weighted by molar-refractivity contribution is 7.19. The van der Waals surface area contributed by atoms with Crippen molar-refractivity contribution in [1.29, 1.82) is 0 Å². The van der Waals surface area contributed by atoms with Crippen LogP contribution >= 0.6 is 11.3 Å². The van der Waals surface area contributed by atoms with Gasteiger partial charge < -0.3 is 4.90 Å². The zero-order chi connectivity index (χ0) is 18.3. The highest BCUT2D eigenvalue weighted by Crippen LogP contribution is 2.38. The molecule has 0 N–H and O–H groups in total. The average Bonchev–Trinajstić information content (AvgIpc) is 3.08. The van der Waals surface area contributed by atoms with E-state index in [-0.39, 0.29) is 0 Å². The molecule has 0 amide bonds. The molecule has 0 bridgehead atoms. The van der Waals surface area contributed by atoms with Crippen molar-refractivity contribution in [3.63, 3.8) is 0 Å². The molecule has 3 aromatic heterocycles. The second-order valence-corrected chi connectivity index (χ2v) is 7.81. The van der Waals surface area contributed by atoms with Gasteiger partial charge in [0.25, 0.3) is 0 Å². The van der Waals surface area contributed by atoms with Gasteiger partial charge in [-0.05, 0) is 39.7 Å². The number of thiazole rings is 1. The lowest BCUT2D eigenvalue weighted by Crippen LogP contribution is -2.07. The van der Waals surface area contributed by atoms with Crippen LogP contribution in [-0.2, 0) is 0 Å². The van der Waals surface area contributed by atoms with Crippen LogP contribution in [0.1, 0.15) is 55.4 Å². The molecule has 3 aromatic rings. The highest BCUT2D eigenvalue weighted by atomic mass is 32.1. The van der Waals surface area contributed by atoms with Crippen LogP contribution in [0.3, 0.4) is 0 Å². The van der Waals surface area contributed by atoms with Gasteiger partial charge in [-0.25, -0.2) is 14.5 Å². The molecule has 0 saturated carbocycles. The van der Waals surface area contributed by atoms with E-state index in [1.807, 2.05) is 14.1 Å². The molecule has 0 saturated heterocycles. The normalized spacial score (nSPS) is 11.7. The molecule has 0 unspecified atom stereocenters. The van der Waals surface area contributed by atoms with Crippen LogP contribution in [0.5, 0.6) is 0 Å². The van der Waals surface area contributed by atoms with E-state index in [2.05, 4.69) is 50.1 Å². The maximum absolute atomic E-state index is 4.86. The van der Waals surface area contributed by atoms with Gasteiger partial charge in [0.15, 0.2) is 10.8 Å². The Labute approximate surface area is 153 Å². The monoisotopic (exact) mass is 357 g/mol. The summed E-state index contributed by atoms with van der Waals surface area (Å²) >= 11 is 1.71. The molecule has 25 heavy (non-hydrogen) atoms. The number of nitrogens with zero attached hydrogens (tertiary/aromatic N) is 5. The van der Waals surface area contributed by atoms with Gasteiger partial charge in [-0.3, -0.25) is 0 Å². The van der Waals surface area contributed by atoms with Gasteiger partial charge in [0.1, 0.15) is 0 Å². The quantitative estimate of drug-likeness (QED) is 0.661. The van der Waals surface area contributed by atoms with Crippen molar-refractivity contribution < 1.29 is 0 Å². The summed E-state index contributed by atoms with van der Waals surface area (Å²) in [6, 6.07) is 2.19. The SMILES string of the molecule is CCC(CC)c1cc(C)nc2c(-c3sc(N(C)C)nc3C)c(C)nn12. The fourth-order valence-corrected chi connectivity index (χ4v) is 4.42. The van der Waals surface area contributed by atoms with Crippen molar-refractivity contribution in [3.8, 4) is 10.4 Å². The summed E-state index contributed by atoms with van der Waals surface area (Å²) < 4.78 is 2.06. The van der Waals surface area contributed by atoms with Crippen LogP contribution in [0.2, 0.25) is 0 Å². The van der Waals surface area contributed by atoms with Crippen LogP contribution in [-0.4, -0.2) is 33.7 Å². The molecule has 0 aliphatic carbocycles. The number of rotatable bonds is 5. The van der Waals surface area contributed by atoms with Gasteiger partial charge >= 0.3 is 0 Å². The molecule has 0 spiro atoms. The van der Waals surface area contributed by atoms with E-state index < -0.39 is 0 Å². The standard InChI is InChI=1S/C19H27N5S/c1-8-14(9-2)15-10-11(3)20-18-16(12(4)22-24(15)18)17-13(5)21-19(25-17)23(6)7/h10,14H,8-9H2,1-7H3. The molecule has 3 rings (SSSR count). The number of hydrogen-bond donors (Lipinski definition) is 0. The first-order chi connectivity index (χ1) is 11.9. The Kier molecular flexibility index (Phi) is 4.82. The lowest BCUT2D eigenvalue weighted by Gasteiger charge is -2.15. The molecule has 0 aliphatic heterocycles. The van der Waals surface area contributed by atoms with Gasteiger partial charge in [0.05, 0.1) is 21.8 Å². The molecule has 134 valence electrons. The summed E-state index contributed by atoms with van der Waals surface area (Å²) in [4.78, 5) is 12.8. The third-order valence-electron chi connectivity index (χ3n) is 4.72. The highest BCUT2D eigenvalue weighted by Gasteiger charge is 2.22. The Morgan fingerprint density at radius 3 is 2.32 bits per heavy atom. The van der Waals surface area contributed by atoms with E-state index in [9.17, 15) is 0 Å². The zero-order valence-corrected chi connectivity index (χ0v) is 17.0. The van der Waals surface area contributed by atoms with Gasteiger partial charge in [-0.2, -0.15) is 5.10 Å². The van der Waals surface area contributed by atoms with Crippen molar-refractivity contribution in [3.05, 3.63) is 28.8 Å². The molecular weight excluding hydrogens is 330 g/mol. The van der Waals surface area contributed by atoms with Crippen LogP contribution in [0.4, 0.5) is 5.13 Å². The number of fused-ring (bicyclic) bond motifs is 1. The van der Waals surface area contributed by atoms with Crippen LogP contribution in [0.15, 0.2) is 6.07 Å². The Morgan fingerprint density at radius 1 is 1.08 bits per heavy atom. The van der Waals surface area contributed by atoms with Crippen LogP contribution in [0, 0.1) is 20.8 Å². The van der Waals surface area contributed by atoms with Crippen molar-refractivity contribution in [2.45, 2.75) is 53.4 Å². The van der Waals surface area contributed by atoms with E-state index >= 15 is 0 Å². The average molecular weight is 358 g/mol. The second kappa shape index (κ2) is 6.75. The minimum atomic E-state index is 0.497. The first kappa shape index (κ1) is 17.9. The van der Waals surface area contributed by atoms with Gasteiger partial charge in [-0.15, -0.1) is 0 Å². The molecule has 3 heterocycles. The predicted octanol–water partition coefficient (Wildman–Crippen LogP) is 4.75. The van der Waals surface area contributed by atoms with Crippen molar-refractivity contribution >= 4 is 22.1 Å². The Morgan fingerprint density at radius 2 is 1.76 bits per heavy atom. The zero-order valence-electron chi connectivity index (χ0n) is 16.2. The summed E-state index contributed by atoms with van der Waals surface area (Å²) in [7, 11) is 4.05. The van der Waals surface area contributed by atoms with Crippen molar-refractivity contribution in [2.24, 2.45) is 0 Å². The Balaban J connectivity index is 2.29. The van der Waals surface area contributed by atoms with E-state index in [0.29, 0.717) is 5.92 Å². The van der Waals surface area contributed by atoms with Crippen molar-refractivity contribution in [2.75, 3.05) is 19.0 Å². The van der Waals surface area contributed by atoms with Gasteiger partial charge in [0.2, 0.25) is 0 Å². The molecule has 0 fully saturated rings. The summed E-state index contributed by atoms with van der Waals surface area (Å²) in [6.07, 6.45) is 2.21. The Bertz CT molecular complexity index is 902. The third kappa shape index (κ3) is 3.03. The Hall–Kier alpha value is -1.95. The topological polar surface area (TPSA) is 46.3 Å². The lowest BCUT2D eigenvalue weighted by molar-refractivity contribution is 0.598. The maximum atomic E-state index is 4.86.